The van der Waals surface area contributed by atoms with Gasteiger partial charge >= 0.3 is 29.9 Å². The molecule has 3 rings (SSSR count). The third-order valence-corrected chi connectivity index (χ3v) is 9.31. The molecular weight excluding hydrogens is 855 g/mol. The highest BCUT2D eigenvalue weighted by molar-refractivity contribution is 5.90. The van der Waals surface area contributed by atoms with E-state index in [9.17, 15) is 28.8 Å². The number of H-pyrrole nitrogens is 1. The van der Waals surface area contributed by atoms with Crippen LogP contribution in [0.4, 0.5) is 26.1 Å². The molecule has 4 amide bonds. The van der Waals surface area contributed by atoms with Gasteiger partial charge in [-0.2, -0.15) is 9.97 Å². The third kappa shape index (κ3) is 19.5. The van der Waals surface area contributed by atoms with Crippen LogP contribution in [0.25, 0.3) is 11.2 Å². The van der Waals surface area contributed by atoms with Gasteiger partial charge in [0.15, 0.2) is 11.5 Å². The van der Waals surface area contributed by atoms with Crippen LogP contribution in [0.15, 0.2) is 29.1 Å². The summed E-state index contributed by atoms with van der Waals surface area (Å²) in [5.41, 5.74) is 11.3. The number of esters is 1. The number of imidazole rings is 1. The molecule has 0 fully saturated rings. The lowest BCUT2D eigenvalue weighted by atomic mass is 10.1. The van der Waals surface area contributed by atoms with Gasteiger partial charge in [-0.1, -0.05) is 25.5 Å². The van der Waals surface area contributed by atoms with Gasteiger partial charge in [-0.3, -0.25) is 9.36 Å². The molecular formula is C45H73N11O10. The Hall–Kier alpha value is -6.12. The first-order valence-electron chi connectivity index (χ1n) is 22.6. The van der Waals surface area contributed by atoms with E-state index >= 15 is 0 Å². The third-order valence-electron chi connectivity index (χ3n) is 9.31. The predicted octanol–water partition coefficient (Wildman–Crippen LogP) is 5.12. The lowest BCUT2D eigenvalue weighted by Crippen LogP contribution is -2.45. The molecule has 0 bridgehead atoms. The summed E-state index contributed by atoms with van der Waals surface area (Å²) in [6.07, 6.45) is 2.30. The number of aromatic amines is 1. The number of anilines is 2. The van der Waals surface area contributed by atoms with Crippen molar-refractivity contribution in [2.45, 2.75) is 137 Å². The Labute approximate surface area is 387 Å². The standard InChI is InChI=1S/C45H73N11O10/c1-11-12-21-49-38-52-34(47)33-35(53-38)56(39(59)51-33)28-30-17-19-31(20-18-30)37(58)63-29-32(46)36(57)48-22-15-26-54(41(61)65-44(5,6)7)24-13-14-25-55(42(62)66-45(8,9)10)27-16-23-50-40(60)64-43(2,3)4/h17-20,32H,11-16,21-29,46H2,1-10H3,(H,48,57)(H,50,60)(H,51,59)(H3,47,49,52,53)/t32-/m0/s1. The number of carbonyl (C=O) groups is 5. The van der Waals surface area contributed by atoms with Gasteiger partial charge in [0.25, 0.3) is 0 Å². The molecule has 21 heteroatoms. The van der Waals surface area contributed by atoms with Gasteiger partial charge in [0.05, 0.1) is 12.1 Å². The number of benzene rings is 1. The Kier molecular flexibility index (Phi) is 20.5. The summed E-state index contributed by atoms with van der Waals surface area (Å²) >= 11 is 0. The minimum Gasteiger partial charge on any atom is -0.460 e. The van der Waals surface area contributed by atoms with E-state index in [2.05, 4.69) is 37.8 Å². The van der Waals surface area contributed by atoms with E-state index in [0.717, 1.165) is 12.8 Å². The van der Waals surface area contributed by atoms with Gasteiger partial charge in [0.2, 0.25) is 11.9 Å². The van der Waals surface area contributed by atoms with Crippen molar-refractivity contribution in [1.82, 2.24) is 40.0 Å². The van der Waals surface area contributed by atoms with Gasteiger partial charge in [0, 0.05) is 45.8 Å². The van der Waals surface area contributed by atoms with Gasteiger partial charge in [-0.05, 0) is 112 Å². The molecule has 0 aliphatic heterocycles. The van der Waals surface area contributed by atoms with Gasteiger partial charge in [-0.25, -0.2) is 24.0 Å². The highest BCUT2D eigenvalue weighted by atomic mass is 16.6. The van der Waals surface area contributed by atoms with E-state index in [1.165, 1.54) is 4.57 Å². The molecule has 21 nitrogen and oxygen atoms in total. The number of unbranched alkanes of at least 4 members (excludes halogenated alkanes) is 2. The largest absolute Gasteiger partial charge is 0.460 e. The number of fused-ring (bicyclic) bond motifs is 1. The fraction of sp³-hybridized carbons (Fsp3) is 0.644. The number of nitrogen functional groups attached to an aromatic ring is 1. The average molecular weight is 928 g/mol. The summed E-state index contributed by atoms with van der Waals surface area (Å²) in [7, 11) is 0. The van der Waals surface area contributed by atoms with Crippen molar-refractivity contribution in [2.24, 2.45) is 5.73 Å². The number of hydrogen-bond donors (Lipinski definition) is 6. The second-order valence-corrected chi connectivity index (χ2v) is 18.9. The van der Waals surface area contributed by atoms with Gasteiger partial charge < -0.3 is 61.1 Å². The first kappa shape index (κ1) is 54.2. The fourth-order valence-electron chi connectivity index (χ4n) is 6.14. The van der Waals surface area contributed by atoms with E-state index in [1.54, 1.807) is 96.4 Å². The number of alkyl carbamates (subject to hydrolysis) is 1. The van der Waals surface area contributed by atoms with Crippen molar-refractivity contribution >= 4 is 53.1 Å². The van der Waals surface area contributed by atoms with E-state index in [-0.39, 0.29) is 37.6 Å². The monoisotopic (exact) mass is 928 g/mol. The number of nitrogens with one attached hydrogen (secondary N) is 4. The minimum atomic E-state index is -1.15. The molecule has 0 unspecified atom stereocenters. The van der Waals surface area contributed by atoms with Gasteiger partial charge in [0.1, 0.15) is 35.0 Å². The van der Waals surface area contributed by atoms with Crippen molar-refractivity contribution in [3.8, 4) is 0 Å². The number of hydrogen-bond acceptors (Lipinski definition) is 15. The number of carbonyl (C=O) groups excluding carboxylic acids is 5. The molecule has 368 valence electrons. The van der Waals surface area contributed by atoms with E-state index in [1.807, 2.05) is 0 Å². The Balaban J connectivity index is 1.48. The maximum absolute atomic E-state index is 13.2. The van der Waals surface area contributed by atoms with Crippen LogP contribution in [-0.4, -0.2) is 135 Å². The number of aromatic nitrogens is 4. The molecule has 2 aromatic heterocycles. The summed E-state index contributed by atoms with van der Waals surface area (Å²) in [5.74, 6) is -0.754. The van der Waals surface area contributed by atoms with Crippen molar-refractivity contribution in [3.05, 3.63) is 45.9 Å². The van der Waals surface area contributed by atoms with Crippen LogP contribution in [-0.2, 0) is 30.3 Å². The van der Waals surface area contributed by atoms with Crippen LogP contribution in [0, 0.1) is 0 Å². The molecule has 0 radical (unpaired) electrons. The van der Waals surface area contributed by atoms with Gasteiger partial charge in [-0.15, -0.1) is 0 Å². The zero-order valence-electron chi connectivity index (χ0n) is 40.5. The first-order chi connectivity index (χ1) is 30.9. The van der Waals surface area contributed by atoms with Crippen LogP contribution < -0.4 is 33.1 Å². The van der Waals surface area contributed by atoms with E-state index in [0.29, 0.717) is 81.1 Å². The number of amides is 4. The predicted molar refractivity (Wildman–Crippen MR) is 251 cm³/mol. The summed E-state index contributed by atoms with van der Waals surface area (Å²) in [6, 6.07) is 5.30. The molecule has 0 aliphatic carbocycles. The molecule has 0 saturated carbocycles. The summed E-state index contributed by atoms with van der Waals surface area (Å²) in [6.45, 7) is 20.3. The molecule has 0 spiro atoms. The molecule has 2 heterocycles. The smallest absolute Gasteiger partial charge is 0.410 e. The fourth-order valence-corrected chi connectivity index (χ4v) is 6.14. The Morgan fingerprint density at radius 3 is 1.80 bits per heavy atom. The lowest BCUT2D eigenvalue weighted by Gasteiger charge is -2.29. The highest BCUT2D eigenvalue weighted by Gasteiger charge is 2.25. The van der Waals surface area contributed by atoms with Crippen LogP contribution >= 0.6 is 0 Å². The molecule has 66 heavy (non-hydrogen) atoms. The topological polar surface area (TPSA) is 280 Å². The van der Waals surface area contributed by atoms with Crippen LogP contribution in [0.3, 0.4) is 0 Å². The van der Waals surface area contributed by atoms with E-state index in [4.69, 9.17) is 30.4 Å². The Morgan fingerprint density at radius 2 is 1.27 bits per heavy atom. The average Bonchev–Trinajstić information content (AvgIpc) is 3.52. The summed E-state index contributed by atoms with van der Waals surface area (Å²) in [4.78, 5) is 91.3. The lowest BCUT2D eigenvalue weighted by molar-refractivity contribution is -0.123. The van der Waals surface area contributed by atoms with E-state index < -0.39 is 58.7 Å². The quantitative estimate of drug-likeness (QED) is 0.0409. The SMILES string of the molecule is CCCCNc1nc(N)c2[nH]c(=O)n(Cc3ccc(C(=O)OC[C@H](N)C(=O)NCCCN(CCCCN(CCCNC(=O)OC(C)(C)C)C(=O)OC(C)(C)C)C(=O)OC(C)(C)C)cc3)c2n1. The second kappa shape index (κ2) is 25.0. The minimum absolute atomic E-state index is 0.146. The van der Waals surface area contributed by atoms with Crippen LogP contribution in [0.2, 0.25) is 0 Å². The van der Waals surface area contributed by atoms with Crippen molar-refractivity contribution < 1.29 is 42.9 Å². The highest BCUT2D eigenvalue weighted by Crippen LogP contribution is 2.19. The normalized spacial score (nSPS) is 12.2. The number of nitrogens with two attached hydrogens (primary N) is 2. The molecule has 1 aromatic carbocycles. The Morgan fingerprint density at radius 1 is 0.742 bits per heavy atom. The molecule has 0 saturated heterocycles. The van der Waals surface area contributed by atoms with Crippen molar-refractivity contribution in [3.63, 3.8) is 0 Å². The van der Waals surface area contributed by atoms with Crippen molar-refractivity contribution in [1.29, 1.82) is 0 Å². The first-order valence-corrected chi connectivity index (χ1v) is 22.6. The molecule has 1 atom stereocenters. The summed E-state index contributed by atoms with van der Waals surface area (Å²) in [5, 5.41) is 8.56. The summed E-state index contributed by atoms with van der Waals surface area (Å²) < 4.78 is 23.3. The number of rotatable bonds is 23. The number of ether oxygens (including phenoxy) is 4. The maximum Gasteiger partial charge on any atom is 0.410 e. The zero-order chi connectivity index (χ0) is 49.2. The number of nitrogens with zero attached hydrogens (tertiary/aromatic N) is 5. The molecule has 0 aliphatic rings. The maximum atomic E-state index is 13.2. The molecule has 3 aromatic rings. The van der Waals surface area contributed by atoms with Crippen LogP contribution in [0.5, 0.6) is 0 Å². The Bertz CT molecular complexity index is 2120. The van der Waals surface area contributed by atoms with Crippen molar-refractivity contribution in [2.75, 3.05) is 63.5 Å². The molecule has 8 N–H and O–H groups in total. The van der Waals surface area contributed by atoms with Crippen LogP contribution in [0.1, 0.15) is 124 Å². The zero-order valence-corrected chi connectivity index (χ0v) is 40.5. The second-order valence-electron chi connectivity index (χ2n) is 18.9.